The maximum Gasteiger partial charge on any atom is 0.0541 e. The van der Waals surface area contributed by atoms with Gasteiger partial charge in [0.15, 0.2) is 0 Å². The lowest BCUT2D eigenvalue weighted by molar-refractivity contribution is 0.661. The van der Waals surface area contributed by atoms with E-state index in [1.807, 2.05) is 0 Å². The van der Waals surface area contributed by atoms with Crippen LogP contribution in [-0.2, 0) is 16.2 Å². The smallest absolute Gasteiger partial charge is 0.0541 e. The number of aromatic nitrogens is 2. The molecule has 29 rings (SSSR count). The summed E-state index contributed by atoms with van der Waals surface area (Å²) in [5, 5.41) is 23.1. The first kappa shape index (κ1) is 85.9. The Labute approximate surface area is 840 Å². The summed E-state index contributed by atoms with van der Waals surface area (Å²) in [7, 11) is 0. The van der Waals surface area contributed by atoms with Crippen LogP contribution in [0.1, 0.15) is 100 Å². The number of rotatable bonds is 10. The van der Waals surface area contributed by atoms with Crippen LogP contribution in [0.5, 0.6) is 0 Å². The second-order valence-electron chi connectivity index (χ2n) is 42.1. The summed E-state index contributed by atoms with van der Waals surface area (Å²) in [6, 6.07) is 178. The quantitative estimate of drug-likeness (QED) is 0.129. The molecule has 0 atom stereocenters. The van der Waals surface area contributed by atoms with E-state index in [0.29, 0.717) is 5.92 Å². The fraction of sp³-hybridized carbons (Fsp3) is 0.0845. The average Bonchev–Trinajstić information content (AvgIpc) is 1.56. The van der Waals surface area contributed by atoms with Gasteiger partial charge in [-0.3, -0.25) is 0 Å². The van der Waals surface area contributed by atoms with E-state index < -0.39 is 0 Å². The van der Waals surface area contributed by atoms with Crippen LogP contribution in [-0.4, -0.2) is 9.13 Å². The third-order valence-corrected chi connectivity index (χ3v) is 32.2. The molecule has 144 heavy (non-hydrogen) atoms. The fourth-order valence-electron chi connectivity index (χ4n) is 24.7. The van der Waals surface area contributed by atoms with Gasteiger partial charge in [0.05, 0.1) is 22.1 Å². The highest BCUT2D eigenvalue weighted by Crippen LogP contribution is 2.57. The molecule has 3 aliphatic rings. The molecule has 2 heteroatoms. The van der Waals surface area contributed by atoms with Crippen molar-refractivity contribution in [2.75, 3.05) is 0 Å². The molecule has 26 aromatic rings. The highest BCUT2D eigenvalue weighted by molar-refractivity contribution is 6.12. The molecule has 0 N–H and O–H groups in total. The van der Waals surface area contributed by atoms with Gasteiger partial charge in [-0.2, -0.15) is 0 Å². The monoisotopic (exact) mass is 1840 g/mol. The lowest BCUT2D eigenvalue weighted by atomic mass is 9.79. The molecule has 0 radical (unpaired) electrons. The molecular weight excluding hydrogens is 1730 g/mol. The van der Waals surface area contributed by atoms with Crippen LogP contribution in [0, 0.1) is 0 Å². The van der Waals surface area contributed by atoms with Crippen molar-refractivity contribution in [2.45, 2.75) is 77.6 Å². The Morgan fingerprint density at radius 1 is 0.160 bits per heavy atom. The minimum Gasteiger partial charge on any atom is -0.309 e. The Kier molecular flexibility index (Phi) is 19.9. The van der Waals surface area contributed by atoms with Gasteiger partial charge in [0.1, 0.15) is 0 Å². The van der Waals surface area contributed by atoms with E-state index in [9.17, 15) is 0 Å². The van der Waals surface area contributed by atoms with Gasteiger partial charge in [-0.15, -0.1) is 0 Å². The molecule has 0 aliphatic heterocycles. The number of fused-ring (bicyclic) bond motifs is 24. The highest BCUT2D eigenvalue weighted by atomic mass is 15.0. The van der Waals surface area contributed by atoms with Gasteiger partial charge < -0.3 is 9.13 Å². The molecular formula is C142H104N2. The van der Waals surface area contributed by atoms with E-state index in [4.69, 9.17) is 0 Å². The topological polar surface area (TPSA) is 9.86 Å². The average molecular weight is 1840 g/mol. The van der Waals surface area contributed by atoms with E-state index in [1.54, 1.807) is 0 Å². The summed E-state index contributed by atoms with van der Waals surface area (Å²) in [4.78, 5) is 0. The molecule has 2 heterocycles. The van der Waals surface area contributed by atoms with Gasteiger partial charge in [-0.25, -0.2) is 0 Å². The first-order chi connectivity index (χ1) is 70.4. The predicted octanol–water partition coefficient (Wildman–Crippen LogP) is 39.0. The zero-order valence-electron chi connectivity index (χ0n) is 82.1. The van der Waals surface area contributed by atoms with Crippen molar-refractivity contribution < 1.29 is 0 Å². The summed E-state index contributed by atoms with van der Waals surface area (Å²) >= 11 is 0. The van der Waals surface area contributed by atoms with E-state index in [-0.39, 0.29) is 16.2 Å². The zero-order chi connectivity index (χ0) is 96.5. The van der Waals surface area contributed by atoms with Crippen LogP contribution in [0.25, 0.3) is 242 Å². The van der Waals surface area contributed by atoms with Crippen molar-refractivity contribution in [3.63, 3.8) is 0 Å². The second kappa shape index (κ2) is 33.5. The number of hydrogen-bond donors (Lipinski definition) is 0. The van der Waals surface area contributed by atoms with E-state index >= 15 is 0 Å². The van der Waals surface area contributed by atoms with Gasteiger partial charge in [0.25, 0.3) is 0 Å². The molecule has 3 aliphatic carbocycles. The van der Waals surface area contributed by atoms with Crippen LogP contribution in [0.4, 0.5) is 0 Å². The third kappa shape index (κ3) is 14.2. The summed E-state index contributed by atoms with van der Waals surface area (Å²) in [6.45, 7) is 18.9. The molecule has 2 nitrogen and oxygen atoms in total. The summed E-state index contributed by atoms with van der Waals surface area (Å²) in [5.74, 6) is 0.426. The highest BCUT2D eigenvalue weighted by Gasteiger charge is 2.40. The summed E-state index contributed by atoms with van der Waals surface area (Å²) in [5.41, 5.74) is 42.4. The molecule has 0 spiro atoms. The zero-order valence-corrected chi connectivity index (χ0v) is 82.1. The molecule has 0 fully saturated rings. The van der Waals surface area contributed by atoms with Crippen LogP contribution in [0.3, 0.4) is 0 Å². The number of hydrogen-bond acceptors (Lipinski definition) is 0. The van der Waals surface area contributed by atoms with Crippen molar-refractivity contribution in [1.29, 1.82) is 0 Å². The Hall–Kier alpha value is -17.3. The maximum absolute atomic E-state index is 2.46. The lowest BCUT2D eigenvalue weighted by Gasteiger charge is -2.24. The minimum atomic E-state index is -0.137. The van der Waals surface area contributed by atoms with Crippen molar-refractivity contribution >= 4 is 119 Å². The summed E-state index contributed by atoms with van der Waals surface area (Å²) in [6.07, 6.45) is 0. The molecule has 682 valence electrons. The SMILES string of the molecule is CC(C)c1cc(-c2ccc3c(c2)C(C)(C)c2c-3ccc3ccccc23)cc(-c2ccc3cc(-c4ccc5ccccc5c4)ccc3c2)c1.CC1(C)c2cc(-c3cc(-n4c5ccccc5c5ccccc54)cc(-n4c5ccccc5c5ccccc54)c3)ccc2-c2ccc3ccccc3c21.CC1(C)c2cc(-c3cccc(-c4ccc5cc(-c6ccc7ccccc7c6)ccc5c4)c3)ccc2-c2cc3ccccc3cc21. The third-order valence-electron chi connectivity index (χ3n) is 32.2. The Bertz CT molecular complexity index is 9620. The molecule has 0 unspecified atom stereocenters. The van der Waals surface area contributed by atoms with Gasteiger partial charge in [-0.1, -0.05) is 413 Å². The van der Waals surface area contributed by atoms with Crippen molar-refractivity contribution in [3.8, 4) is 123 Å². The Morgan fingerprint density at radius 3 is 0.799 bits per heavy atom. The van der Waals surface area contributed by atoms with Crippen LogP contribution in [0.15, 0.2) is 479 Å². The van der Waals surface area contributed by atoms with Crippen LogP contribution < -0.4 is 0 Å². The van der Waals surface area contributed by atoms with E-state index in [1.165, 1.54) is 269 Å². The maximum atomic E-state index is 2.46. The minimum absolute atomic E-state index is 0.0492. The normalized spacial score (nSPS) is 13.4. The first-order valence-electron chi connectivity index (χ1n) is 50.9. The van der Waals surface area contributed by atoms with Gasteiger partial charge in [-0.05, 0) is 353 Å². The van der Waals surface area contributed by atoms with Crippen molar-refractivity contribution in [1.82, 2.24) is 9.13 Å². The first-order valence-corrected chi connectivity index (χ1v) is 50.9. The molecule has 24 aromatic carbocycles. The van der Waals surface area contributed by atoms with Gasteiger partial charge in [0, 0.05) is 49.2 Å². The second-order valence-corrected chi connectivity index (χ2v) is 42.1. The largest absolute Gasteiger partial charge is 0.309 e. The van der Waals surface area contributed by atoms with E-state index in [2.05, 4.69) is 544 Å². The van der Waals surface area contributed by atoms with Crippen LogP contribution >= 0.6 is 0 Å². The van der Waals surface area contributed by atoms with E-state index in [0.717, 1.165) is 11.4 Å². The predicted molar refractivity (Wildman–Crippen MR) is 615 cm³/mol. The van der Waals surface area contributed by atoms with Crippen molar-refractivity contribution in [3.05, 3.63) is 518 Å². The summed E-state index contributed by atoms with van der Waals surface area (Å²) < 4.78 is 4.90. The molecule has 0 saturated heterocycles. The fourth-order valence-corrected chi connectivity index (χ4v) is 24.7. The molecule has 2 aromatic heterocycles. The number of benzene rings is 24. The lowest BCUT2D eigenvalue weighted by Crippen LogP contribution is -2.15. The molecule has 0 saturated carbocycles. The molecule has 0 bridgehead atoms. The van der Waals surface area contributed by atoms with Gasteiger partial charge in [0.2, 0.25) is 0 Å². The van der Waals surface area contributed by atoms with Crippen molar-refractivity contribution in [2.24, 2.45) is 0 Å². The Morgan fingerprint density at radius 2 is 0.410 bits per heavy atom. The number of para-hydroxylation sites is 4. The Balaban J connectivity index is 0.000000108. The molecule has 0 amide bonds. The van der Waals surface area contributed by atoms with Crippen LogP contribution in [0.2, 0.25) is 0 Å². The standard InChI is InChI=1S/C49H34N2.C48H38.C45H32/c1-49(2)43-29-32(24-25-37(43)42-26-23-31-13-3-4-14-36(31)48(42)49)33-27-34(50-44-19-9-5-15-38(44)39-16-6-10-20-45(39)50)30-35(28-33)51-46-21-11-7-17-40(46)41-18-8-12-22-47(41)51;1-30(2)40-26-41(38-18-17-36-24-35(15-16-37(36)25-38)34-14-13-31-9-5-6-11-33(31)23-34)28-42(27-40)39-20-21-44-45-22-19-32-10-7-8-12-43(32)47(45)48(3,4)46(44)29-39;1-45(2)43-28-40(20-21-41(43)42-26-33-10-5-6-11-34(33)27-44(42)45)32-13-7-12-31(23-32)35-16-17-39-25-38(19-18-37(39)24-35)36-15-14-29-8-3-4-9-30(29)22-36/h3-30H,1-2H3;5-30H,1-4H3;3-28H,1-2H3. The number of nitrogens with zero attached hydrogens (tertiary/aromatic N) is 2. The van der Waals surface area contributed by atoms with Gasteiger partial charge >= 0.3 is 0 Å².